The zero-order chi connectivity index (χ0) is 13.2. The highest BCUT2D eigenvalue weighted by Crippen LogP contribution is 2.06. The third-order valence-corrected chi connectivity index (χ3v) is 3.01. The third-order valence-electron chi connectivity index (χ3n) is 3.01. The molecule has 0 aromatic carbocycles. The van der Waals surface area contributed by atoms with Crippen LogP contribution in [0.4, 0.5) is 0 Å². The van der Waals surface area contributed by atoms with E-state index in [4.69, 9.17) is 0 Å². The van der Waals surface area contributed by atoms with Crippen molar-refractivity contribution in [2.24, 2.45) is 0 Å². The molecule has 0 N–H and O–H groups in total. The average molecular weight is 252 g/mol. The van der Waals surface area contributed by atoms with E-state index in [1.807, 2.05) is 19.1 Å². The molecular formula is C14H12N4O. The summed E-state index contributed by atoms with van der Waals surface area (Å²) in [4.78, 5) is 24.9. The van der Waals surface area contributed by atoms with Gasteiger partial charge in [0.2, 0.25) is 0 Å². The number of aromatic nitrogens is 4. The van der Waals surface area contributed by atoms with Crippen molar-refractivity contribution in [2.45, 2.75) is 13.5 Å². The maximum atomic E-state index is 12.4. The highest BCUT2D eigenvalue weighted by molar-refractivity contribution is 5.72. The van der Waals surface area contributed by atoms with Gasteiger partial charge in [0, 0.05) is 18.6 Å². The Labute approximate surface area is 109 Å². The normalized spacial score (nSPS) is 10.8. The molecule has 0 aliphatic carbocycles. The Morgan fingerprint density at radius 3 is 2.74 bits per heavy atom. The minimum Gasteiger partial charge on any atom is -0.292 e. The van der Waals surface area contributed by atoms with Gasteiger partial charge in [-0.25, -0.2) is 9.97 Å². The summed E-state index contributed by atoms with van der Waals surface area (Å²) in [6.07, 6.45) is 5.07. The highest BCUT2D eigenvalue weighted by atomic mass is 16.1. The second-order valence-electron chi connectivity index (χ2n) is 4.28. The minimum absolute atomic E-state index is 0.0626. The van der Waals surface area contributed by atoms with E-state index in [9.17, 15) is 4.79 Å². The molecule has 0 fully saturated rings. The predicted octanol–water partition coefficient (Wildman–Crippen LogP) is 1.54. The van der Waals surface area contributed by atoms with Crippen LogP contribution >= 0.6 is 0 Å². The molecule has 0 atom stereocenters. The van der Waals surface area contributed by atoms with Gasteiger partial charge in [0.05, 0.1) is 11.9 Å². The molecule has 3 heterocycles. The zero-order valence-corrected chi connectivity index (χ0v) is 10.4. The van der Waals surface area contributed by atoms with Crippen molar-refractivity contribution in [1.29, 1.82) is 0 Å². The van der Waals surface area contributed by atoms with Crippen LogP contribution in [0.3, 0.4) is 0 Å². The summed E-state index contributed by atoms with van der Waals surface area (Å²) >= 11 is 0. The zero-order valence-electron chi connectivity index (χ0n) is 10.4. The maximum absolute atomic E-state index is 12.4. The summed E-state index contributed by atoms with van der Waals surface area (Å²) in [7, 11) is 0. The van der Waals surface area contributed by atoms with Crippen LogP contribution in [0, 0.1) is 6.92 Å². The summed E-state index contributed by atoms with van der Waals surface area (Å²) in [6, 6.07) is 7.27. The van der Waals surface area contributed by atoms with Crippen LogP contribution in [0.5, 0.6) is 0 Å². The molecule has 0 bridgehead atoms. The Morgan fingerprint density at radius 2 is 1.95 bits per heavy atom. The summed E-state index contributed by atoms with van der Waals surface area (Å²) in [5.41, 5.74) is 1.45. The molecule has 3 rings (SSSR count). The second kappa shape index (κ2) is 4.61. The van der Waals surface area contributed by atoms with E-state index in [1.165, 1.54) is 0 Å². The van der Waals surface area contributed by atoms with Gasteiger partial charge < -0.3 is 0 Å². The summed E-state index contributed by atoms with van der Waals surface area (Å²) in [5.74, 6) is 0.660. The topological polar surface area (TPSA) is 60.7 Å². The molecule has 19 heavy (non-hydrogen) atoms. The number of hydrogen-bond acceptors (Lipinski definition) is 4. The van der Waals surface area contributed by atoms with Crippen LogP contribution in [0.25, 0.3) is 11.0 Å². The molecule has 5 nitrogen and oxygen atoms in total. The highest BCUT2D eigenvalue weighted by Gasteiger charge is 2.08. The fourth-order valence-electron chi connectivity index (χ4n) is 2.02. The smallest absolute Gasteiger partial charge is 0.263 e. The molecule has 0 amide bonds. The number of pyridine rings is 2. The molecule has 0 saturated heterocycles. The van der Waals surface area contributed by atoms with Crippen LogP contribution in [0.15, 0.2) is 47.7 Å². The quantitative estimate of drug-likeness (QED) is 0.694. The van der Waals surface area contributed by atoms with Gasteiger partial charge in [-0.1, -0.05) is 0 Å². The molecule has 0 saturated carbocycles. The molecular weight excluding hydrogens is 240 g/mol. The Balaban J connectivity index is 2.16. The third kappa shape index (κ3) is 2.10. The largest absolute Gasteiger partial charge is 0.292 e. The summed E-state index contributed by atoms with van der Waals surface area (Å²) in [5, 5.41) is 0.544. The number of fused-ring (bicyclic) bond motifs is 1. The van der Waals surface area contributed by atoms with E-state index in [0.717, 1.165) is 5.56 Å². The van der Waals surface area contributed by atoms with Crippen molar-refractivity contribution in [3.05, 3.63) is 64.6 Å². The summed E-state index contributed by atoms with van der Waals surface area (Å²) < 4.78 is 1.65. The SMILES string of the molecule is Cc1nc2ncccc2c(=O)n1Cc1ccncc1. The van der Waals surface area contributed by atoms with E-state index in [2.05, 4.69) is 15.0 Å². The number of rotatable bonds is 2. The first-order valence-corrected chi connectivity index (χ1v) is 5.97. The molecule has 3 aromatic rings. The molecule has 5 heteroatoms. The molecule has 0 spiro atoms. The first-order chi connectivity index (χ1) is 9.25. The van der Waals surface area contributed by atoms with E-state index < -0.39 is 0 Å². The lowest BCUT2D eigenvalue weighted by atomic mass is 10.2. The van der Waals surface area contributed by atoms with Crippen molar-refractivity contribution in [1.82, 2.24) is 19.5 Å². The van der Waals surface area contributed by atoms with Crippen molar-refractivity contribution >= 4 is 11.0 Å². The van der Waals surface area contributed by atoms with Gasteiger partial charge in [-0.2, -0.15) is 0 Å². The molecule has 0 radical (unpaired) electrons. The Morgan fingerprint density at radius 1 is 1.16 bits per heavy atom. The molecule has 0 aliphatic rings. The second-order valence-corrected chi connectivity index (χ2v) is 4.28. The summed E-state index contributed by atoms with van der Waals surface area (Å²) in [6.45, 7) is 2.31. The average Bonchev–Trinajstić information content (AvgIpc) is 2.45. The van der Waals surface area contributed by atoms with Crippen molar-refractivity contribution < 1.29 is 0 Å². The lowest BCUT2D eigenvalue weighted by molar-refractivity contribution is 0.710. The fraction of sp³-hybridized carbons (Fsp3) is 0.143. The number of hydrogen-bond donors (Lipinski definition) is 0. The van der Waals surface area contributed by atoms with Gasteiger partial charge in [-0.15, -0.1) is 0 Å². The Bertz CT molecular complexity index is 780. The van der Waals surface area contributed by atoms with Gasteiger partial charge in [-0.3, -0.25) is 14.3 Å². The van der Waals surface area contributed by atoms with Crippen molar-refractivity contribution in [2.75, 3.05) is 0 Å². The van der Waals surface area contributed by atoms with Crippen molar-refractivity contribution in [3.8, 4) is 0 Å². The standard InChI is InChI=1S/C14H12N4O/c1-10-17-13-12(3-2-6-16-13)14(19)18(10)9-11-4-7-15-8-5-11/h2-8H,9H2,1H3. The van der Waals surface area contributed by atoms with E-state index >= 15 is 0 Å². The van der Waals surface area contributed by atoms with Crippen LogP contribution in [0.2, 0.25) is 0 Å². The maximum Gasteiger partial charge on any atom is 0.263 e. The van der Waals surface area contributed by atoms with Gasteiger partial charge in [0.25, 0.3) is 5.56 Å². The van der Waals surface area contributed by atoms with Crippen LogP contribution in [0.1, 0.15) is 11.4 Å². The van der Waals surface area contributed by atoms with Gasteiger partial charge in [0.15, 0.2) is 5.65 Å². The fourth-order valence-corrected chi connectivity index (χ4v) is 2.02. The Kier molecular flexibility index (Phi) is 2.79. The lowest BCUT2D eigenvalue weighted by Gasteiger charge is -2.10. The van der Waals surface area contributed by atoms with E-state index in [-0.39, 0.29) is 5.56 Å². The van der Waals surface area contributed by atoms with E-state index in [0.29, 0.717) is 23.4 Å². The van der Waals surface area contributed by atoms with Crippen LogP contribution < -0.4 is 5.56 Å². The van der Waals surface area contributed by atoms with Crippen LogP contribution in [-0.2, 0) is 6.54 Å². The Hall–Kier alpha value is -2.56. The van der Waals surface area contributed by atoms with Gasteiger partial charge >= 0.3 is 0 Å². The first-order valence-electron chi connectivity index (χ1n) is 5.97. The monoisotopic (exact) mass is 252 g/mol. The lowest BCUT2D eigenvalue weighted by Crippen LogP contribution is -2.24. The van der Waals surface area contributed by atoms with Crippen molar-refractivity contribution in [3.63, 3.8) is 0 Å². The molecule has 0 unspecified atom stereocenters. The molecule has 94 valence electrons. The van der Waals surface area contributed by atoms with Gasteiger partial charge in [-0.05, 0) is 36.8 Å². The predicted molar refractivity (Wildman–Crippen MR) is 71.9 cm³/mol. The first kappa shape index (κ1) is 11.5. The molecule has 0 aliphatic heterocycles. The number of aryl methyl sites for hydroxylation is 1. The van der Waals surface area contributed by atoms with Gasteiger partial charge in [0.1, 0.15) is 5.82 Å². The van der Waals surface area contributed by atoms with E-state index in [1.54, 1.807) is 35.3 Å². The number of nitrogens with zero attached hydrogens (tertiary/aromatic N) is 4. The molecule has 3 aromatic heterocycles. The van der Waals surface area contributed by atoms with Crippen LogP contribution in [-0.4, -0.2) is 19.5 Å². The minimum atomic E-state index is -0.0626.